The topological polar surface area (TPSA) is 82.2 Å². The first-order valence-corrected chi connectivity index (χ1v) is 5.72. The molecule has 0 heterocycles. The number of nitrogens with zero attached hydrogens (tertiary/aromatic N) is 2. The summed E-state index contributed by atoms with van der Waals surface area (Å²) in [5.41, 5.74) is 4.78. The molecule has 0 saturated carbocycles. The number of nitrogen functional groups attached to an aromatic ring is 1. The highest BCUT2D eigenvalue weighted by Gasteiger charge is 2.18. The standard InChI is InChI=1S/C13H18N4O/c1-9-8-11(16-15)4-5-12(9)13(18)17(3)10(2)6-7-14/h4-5,8,10,16H,6,15H2,1-3H3. The van der Waals surface area contributed by atoms with Crippen LogP contribution in [0.15, 0.2) is 18.2 Å². The van der Waals surface area contributed by atoms with Crippen LogP contribution in [-0.4, -0.2) is 23.9 Å². The van der Waals surface area contributed by atoms with Gasteiger partial charge in [0.2, 0.25) is 0 Å². The van der Waals surface area contributed by atoms with Gasteiger partial charge in [-0.3, -0.25) is 10.6 Å². The fourth-order valence-corrected chi connectivity index (χ4v) is 1.65. The number of rotatable bonds is 4. The van der Waals surface area contributed by atoms with E-state index >= 15 is 0 Å². The van der Waals surface area contributed by atoms with Crippen LogP contribution in [0.5, 0.6) is 0 Å². The first kappa shape index (κ1) is 14.0. The van der Waals surface area contributed by atoms with Crippen molar-refractivity contribution in [3.05, 3.63) is 29.3 Å². The van der Waals surface area contributed by atoms with Gasteiger partial charge in [-0.2, -0.15) is 5.26 Å². The minimum atomic E-state index is -0.103. The molecule has 0 aromatic heterocycles. The Morgan fingerprint density at radius 2 is 2.28 bits per heavy atom. The number of hydrogen-bond acceptors (Lipinski definition) is 4. The Balaban J connectivity index is 2.94. The summed E-state index contributed by atoms with van der Waals surface area (Å²) < 4.78 is 0. The van der Waals surface area contributed by atoms with Crippen LogP contribution >= 0.6 is 0 Å². The highest BCUT2D eigenvalue weighted by Crippen LogP contribution is 2.17. The van der Waals surface area contributed by atoms with E-state index < -0.39 is 0 Å². The summed E-state index contributed by atoms with van der Waals surface area (Å²) >= 11 is 0. The summed E-state index contributed by atoms with van der Waals surface area (Å²) in [5, 5.41) is 8.65. The van der Waals surface area contributed by atoms with Crippen molar-refractivity contribution < 1.29 is 4.79 Å². The maximum atomic E-state index is 12.2. The van der Waals surface area contributed by atoms with Crippen molar-refractivity contribution in [3.8, 4) is 6.07 Å². The lowest BCUT2D eigenvalue weighted by atomic mass is 10.1. The van der Waals surface area contributed by atoms with Gasteiger partial charge in [0.05, 0.1) is 12.5 Å². The lowest BCUT2D eigenvalue weighted by Gasteiger charge is -2.23. The lowest BCUT2D eigenvalue weighted by Crippen LogP contribution is -2.35. The molecule has 0 aliphatic rings. The van der Waals surface area contributed by atoms with Crippen LogP contribution < -0.4 is 11.3 Å². The van der Waals surface area contributed by atoms with E-state index in [-0.39, 0.29) is 11.9 Å². The molecule has 18 heavy (non-hydrogen) atoms. The molecule has 3 N–H and O–H groups in total. The molecule has 1 amide bonds. The molecule has 1 aromatic carbocycles. The van der Waals surface area contributed by atoms with Crippen LogP contribution in [0.4, 0.5) is 5.69 Å². The van der Waals surface area contributed by atoms with Gasteiger partial charge in [0, 0.05) is 24.3 Å². The summed E-state index contributed by atoms with van der Waals surface area (Å²) in [4.78, 5) is 13.8. The van der Waals surface area contributed by atoms with Crippen LogP contribution in [0.1, 0.15) is 29.3 Å². The van der Waals surface area contributed by atoms with Crippen LogP contribution in [-0.2, 0) is 0 Å². The predicted molar refractivity (Wildman–Crippen MR) is 70.8 cm³/mol. The Morgan fingerprint density at radius 1 is 1.61 bits per heavy atom. The van der Waals surface area contributed by atoms with Gasteiger partial charge in [0.15, 0.2) is 0 Å². The monoisotopic (exact) mass is 246 g/mol. The third-order valence-electron chi connectivity index (χ3n) is 2.99. The molecule has 0 fully saturated rings. The normalized spacial score (nSPS) is 11.5. The maximum Gasteiger partial charge on any atom is 0.254 e. The number of carbonyl (C=O) groups excluding carboxylic acids is 1. The molecule has 0 spiro atoms. The third-order valence-corrected chi connectivity index (χ3v) is 2.99. The fourth-order valence-electron chi connectivity index (χ4n) is 1.65. The molecule has 96 valence electrons. The van der Waals surface area contributed by atoms with Crippen molar-refractivity contribution in [2.75, 3.05) is 12.5 Å². The average Bonchev–Trinajstić information content (AvgIpc) is 2.37. The van der Waals surface area contributed by atoms with Gasteiger partial charge in [-0.1, -0.05) is 0 Å². The summed E-state index contributed by atoms with van der Waals surface area (Å²) in [6.45, 7) is 3.71. The van der Waals surface area contributed by atoms with Crippen LogP contribution in [0.3, 0.4) is 0 Å². The molecule has 5 nitrogen and oxygen atoms in total. The molecule has 0 radical (unpaired) electrons. The highest BCUT2D eigenvalue weighted by atomic mass is 16.2. The minimum absolute atomic E-state index is 0.0844. The van der Waals surface area contributed by atoms with Gasteiger partial charge in [-0.15, -0.1) is 0 Å². The van der Waals surface area contributed by atoms with Crippen LogP contribution in [0, 0.1) is 18.3 Å². The maximum absolute atomic E-state index is 12.2. The van der Waals surface area contributed by atoms with Crippen molar-refractivity contribution >= 4 is 11.6 Å². The molecule has 1 aromatic rings. The Hall–Kier alpha value is -2.06. The number of nitrogens with two attached hydrogens (primary N) is 1. The number of aryl methyl sites for hydroxylation is 1. The van der Waals surface area contributed by atoms with Crippen LogP contribution in [0.2, 0.25) is 0 Å². The molecule has 0 bridgehead atoms. The average molecular weight is 246 g/mol. The molecule has 0 saturated heterocycles. The summed E-state index contributed by atoms with van der Waals surface area (Å²) in [6, 6.07) is 7.27. The van der Waals surface area contributed by atoms with Crippen molar-refractivity contribution in [2.45, 2.75) is 26.3 Å². The minimum Gasteiger partial charge on any atom is -0.338 e. The molecular formula is C13H18N4O. The number of hydrazine groups is 1. The van der Waals surface area contributed by atoms with Gasteiger partial charge in [-0.25, -0.2) is 0 Å². The van der Waals surface area contributed by atoms with Gasteiger partial charge in [0.1, 0.15) is 0 Å². The van der Waals surface area contributed by atoms with Gasteiger partial charge >= 0.3 is 0 Å². The smallest absolute Gasteiger partial charge is 0.254 e. The fraction of sp³-hybridized carbons (Fsp3) is 0.385. The first-order chi connectivity index (χ1) is 8.51. The molecule has 1 rings (SSSR count). The third kappa shape index (κ3) is 2.99. The molecule has 0 aliphatic carbocycles. The van der Waals surface area contributed by atoms with Crippen molar-refractivity contribution in [1.29, 1.82) is 5.26 Å². The Labute approximate surface area is 107 Å². The molecular weight excluding hydrogens is 228 g/mol. The van der Waals surface area contributed by atoms with Gasteiger partial charge in [-0.05, 0) is 37.6 Å². The zero-order chi connectivity index (χ0) is 13.7. The second kappa shape index (κ2) is 6.03. The molecule has 1 atom stereocenters. The quantitative estimate of drug-likeness (QED) is 0.625. The zero-order valence-corrected chi connectivity index (χ0v) is 10.9. The number of amides is 1. The van der Waals surface area contributed by atoms with Gasteiger partial charge < -0.3 is 10.3 Å². The summed E-state index contributed by atoms with van der Waals surface area (Å²) in [5.74, 6) is 5.23. The van der Waals surface area contributed by atoms with Crippen molar-refractivity contribution in [1.82, 2.24) is 4.90 Å². The number of nitrogens with one attached hydrogen (secondary N) is 1. The largest absolute Gasteiger partial charge is 0.338 e. The Morgan fingerprint density at radius 3 is 2.78 bits per heavy atom. The van der Waals surface area contributed by atoms with Crippen molar-refractivity contribution in [2.24, 2.45) is 5.84 Å². The van der Waals surface area contributed by atoms with E-state index in [2.05, 4.69) is 11.5 Å². The number of carbonyl (C=O) groups is 1. The van der Waals surface area contributed by atoms with Crippen molar-refractivity contribution in [3.63, 3.8) is 0 Å². The number of hydrogen-bond donors (Lipinski definition) is 2. The van der Waals surface area contributed by atoms with Crippen LogP contribution in [0.25, 0.3) is 0 Å². The second-order valence-corrected chi connectivity index (χ2v) is 4.30. The van der Waals surface area contributed by atoms with E-state index in [0.29, 0.717) is 12.0 Å². The van der Waals surface area contributed by atoms with E-state index in [1.54, 1.807) is 24.1 Å². The Kier molecular flexibility index (Phi) is 4.69. The second-order valence-electron chi connectivity index (χ2n) is 4.30. The first-order valence-electron chi connectivity index (χ1n) is 5.72. The predicted octanol–water partition coefficient (Wildman–Crippen LogP) is 1.65. The van der Waals surface area contributed by atoms with E-state index in [1.807, 2.05) is 19.9 Å². The van der Waals surface area contributed by atoms with E-state index in [1.165, 1.54) is 0 Å². The summed E-state index contributed by atoms with van der Waals surface area (Å²) in [7, 11) is 1.71. The highest BCUT2D eigenvalue weighted by molar-refractivity contribution is 5.96. The van der Waals surface area contributed by atoms with Gasteiger partial charge in [0.25, 0.3) is 5.91 Å². The number of benzene rings is 1. The molecule has 0 aliphatic heterocycles. The summed E-state index contributed by atoms with van der Waals surface area (Å²) in [6.07, 6.45) is 0.323. The lowest BCUT2D eigenvalue weighted by molar-refractivity contribution is 0.0745. The van der Waals surface area contributed by atoms with E-state index in [9.17, 15) is 4.79 Å². The van der Waals surface area contributed by atoms with E-state index in [4.69, 9.17) is 11.1 Å². The number of nitriles is 1. The molecule has 1 unspecified atom stereocenters. The SMILES string of the molecule is Cc1cc(NN)ccc1C(=O)N(C)C(C)CC#N. The van der Waals surface area contributed by atoms with E-state index in [0.717, 1.165) is 11.3 Å². The molecule has 5 heteroatoms. The number of anilines is 1. The zero-order valence-electron chi connectivity index (χ0n) is 10.9. The Bertz CT molecular complexity index is 478.